The molecule has 0 unspecified atom stereocenters. The number of fused-ring (bicyclic) bond motifs is 1. The molecule has 2 aliphatic rings. The van der Waals surface area contributed by atoms with E-state index in [-0.39, 0.29) is 5.82 Å². The fourth-order valence-electron chi connectivity index (χ4n) is 7.27. The maximum absolute atomic E-state index is 13.4. The molecule has 1 aromatic heterocycles. The molecular weight excluding hydrogens is 659 g/mol. The van der Waals surface area contributed by atoms with E-state index in [2.05, 4.69) is 18.0 Å². The van der Waals surface area contributed by atoms with Crippen LogP contribution in [-0.2, 0) is 33.7 Å². The van der Waals surface area contributed by atoms with Crippen LogP contribution in [0.4, 0.5) is 4.39 Å². The lowest BCUT2D eigenvalue weighted by Crippen LogP contribution is -2.31. The van der Waals surface area contributed by atoms with E-state index in [0.29, 0.717) is 49.1 Å². The number of carboxylic acids is 1. The summed E-state index contributed by atoms with van der Waals surface area (Å²) in [6.45, 7) is 11.7. The van der Waals surface area contributed by atoms with Gasteiger partial charge < -0.3 is 29.0 Å². The number of hydrogen-bond donors (Lipinski definition) is 1. The van der Waals surface area contributed by atoms with E-state index in [1.165, 1.54) is 12.1 Å². The Bertz CT molecular complexity index is 1830. The zero-order valence-electron chi connectivity index (χ0n) is 31.0. The van der Waals surface area contributed by atoms with Crippen LogP contribution in [0, 0.1) is 18.7 Å². The Hall–Kier alpha value is -4.31. The summed E-state index contributed by atoms with van der Waals surface area (Å²) >= 11 is 0. The third-order valence-electron chi connectivity index (χ3n) is 9.70. The Balaban J connectivity index is 1.46. The van der Waals surface area contributed by atoms with Gasteiger partial charge in [0.15, 0.2) is 6.10 Å². The van der Waals surface area contributed by atoms with Crippen LogP contribution in [0.2, 0.25) is 0 Å². The molecule has 9 heteroatoms. The maximum Gasteiger partial charge on any atom is 0.337 e. The Kier molecular flexibility index (Phi) is 11.9. The van der Waals surface area contributed by atoms with E-state index >= 15 is 0 Å². The Morgan fingerprint density at radius 3 is 2.40 bits per heavy atom. The summed E-state index contributed by atoms with van der Waals surface area (Å²) in [5, 5.41) is 10.7. The molecule has 8 nitrogen and oxygen atoms in total. The summed E-state index contributed by atoms with van der Waals surface area (Å²) in [5.41, 5.74) is 6.88. The van der Waals surface area contributed by atoms with Gasteiger partial charge in [0.05, 0.1) is 24.5 Å². The molecule has 0 spiro atoms. The third-order valence-corrected chi connectivity index (χ3v) is 9.70. The topological polar surface area (TPSA) is 90.4 Å². The largest absolute Gasteiger partial charge is 0.493 e. The fraction of sp³-hybridized carbons (Fsp3) is 0.442. The monoisotopic (exact) mass is 710 g/mol. The van der Waals surface area contributed by atoms with Crippen LogP contribution in [0.25, 0.3) is 22.3 Å². The predicted octanol–water partition coefficient (Wildman–Crippen LogP) is 8.61. The minimum Gasteiger partial charge on any atom is -0.493 e. The molecule has 1 saturated heterocycles. The van der Waals surface area contributed by atoms with E-state index in [4.69, 9.17) is 23.9 Å². The van der Waals surface area contributed by atoms with Crippen LogP contribution in [0.5, 0.6) is 11.5 Å². The first-order valence-corrected chi connectivity index (χ1v) is 18.4. The Morgan fingerprint density at radius 1 is 1.00 bits per heavy atom. The summed E-state index contributed by atoms with van der Waals surface area (Å²) < 4.78 is 37.4. The van der Waals surface area contributed by atoms with Crippen molar-refractivity contribution in [1.29, 1.82) is 0 Å². The molecule has 0 amide bonds. The number of halogens is 1. The second kappa shape index (κ2) is 16.6. The normalized spacial score (nSPS) is 15.6. The number of benzene rings is 3. The molecule has 2 aliphatic heterocycles. The number of pyridine rings is 1. The predicted molar refractivity (Wildman–Crippen MR) is 200 cm³/mol. The van der Waals surface area contributed by atoms with Crippen LogP contribution in [0.3, 0.4) is 0 Å². The molecule has 6 rings (SSSR count). The Morgan fingerprint density at radius 2 is 1.71 bits per heavy atom. The number of aromatic nitrogens is 1. The first kappa shape index (κ1) is 37.4. The van der Waals surface area contributed by atoms with Crippen molar-refractivity contribution < 1.29 is 33.2 Å². The van der Waals surface area contributed by atoms with Gasteiger partial charge in [-0.15, -0.1) is 0 Å². The molecule has 52 heavy (non-hydrogen) atoms. The standard InChI is InChI=1S/C43H51FN2O6/c1-28-38(41(42(47)48)52-43(2,3)4)40(33-12-17-37-32(25-33)7-6-21-51-37)39(36(45-28)27-46(5)26-30-18-22-49-23-19-30)31-10-15-35(16-11-31)50-24-20-29-8-13-34(44)14-9-29/h8-17,25,30,41H,6-7,18-24,26-27H2,1-5H3,(H,47,48)/t41-/m0/s1. The van der Waals surface area contributed by atoms with Crippen LogP contribution in [0.1, 0.15) is 74.2 Å². The van der Waals surface area contributed by atoms with Crippen molar-refractivity contribution in [3.63, 3.8) is 0 Å². The average molecular weight is 711 g/mol. The highest BCUT2D eigenvalue weighted by Gasteiger charge is 2.34. The molecular formula is C43H51FN2O6. The van der Waals surface area contributed by atoms with Gasteiger partial charge in [-0.3, -0.25) is 4.98 Å². The first-order chi connectivity index (χ1) is 24.9. The number of ether oxygens (including phenoxy) is 4. The van der Waals surface area contributed by atoms with Gasteiger partial charge in [-0.1, -0.05) is 30.3 Å². The quantitative estimate of drug-likeness (QED) is 0.148. The molecule has 1 fully saturated rings. The number of hydrogen-bond acceptors (Lipinski definition) is 7. The molecule has 1 N–H and O–H groups in total. The summed E-state index contributed by atoms with van der Waals surface area (Å²) in [7, 11) is 2.13. The fourth-order valence-corrected chi connectivity index (χ4v) is 7.27. The molecule has 4 aromatic rings. The number of aliphatic carboxylic acids is 1. The number of aryl methyl sites for hydroxylation is 2. The minimum atomic E-state index is -1.25. The molecule has 3 heterocycles. The minimum absolute atomic E-state index is 0.258. The molecule has 0 saturated carbocycles. The van der Waals surface area contributed by atoms with Gasteiger partial charge in [-0.2, -0.15) is 0 Å². The van der Waals surface area contributed by atoms with E-state index in [0.717, 1.165) is 90.3 Å². The van der Waals surface area contributed by atoms with Gasteiger partial charge >= 0.3 is 5.97 Å². The number of nitrogens with zero attached hydrogens (tertiary/aromatic N) is 2. The van der Waals surface area contributed by atoms with Crippen LogP contribution in [-0.4, -0.2) is 66.6 Å². The van der Waals surface area contributed by atoms with Crippen molar-refractivity contribution >= 4 is 5.97 Å². The molecule has 0 radical (unpaired) electrons. The number of carbonyl (C=O) groups is 1. The van der Waals surface area contributed by atoms with Crippen molar-refractivity contribution in [3.8, 4) is 33.8 Å². The van der Waals surface area contributed by atoms with Crippen LogP contribution >= 0.6 is 0 Å². The van der Waals surface area contributed by atoms with Gasteiger partial charge in [0.1, 0.15) is 17.3 Å². The highest BCUT2D eigenvalue weighted by molar-refractivity contribution is 5.91. The van der Waals surface area contributed by atoms with E-state index < -0.39 is 17.7 Å². The van der Waals surface area contributed by atoms with Crippen LogP contribution < -0.4 is 9.47 Å². The smallest absolute Gasteiger partial charge is 0.337 e. The zero-order chi connectivity index (χ0) is 36.8. The second-order valence-corrected chi connectivity index (χ2v) is 15.0. The lowest BCUT2D eigenvalue weighted by molar-refractivity contribution is -0.160. The highest BCUT2D eigenvalue weighted by atomic mass is 19.1. The van der Waals surface area contributed by atoms with Gasteiger partial charge in [0, 0.05) is 49.5 Å². The Labute approximate surface area is 306 Å². The second-order valence-electron chi connectivity index (χ2n) is 15.0. The molecule has 276 valence electrons. The molecule has 1 atom stereocenters. The summed E-state index contributed by atoms with van der Waals surface area (Å²) in [4.78, 5) is 20.6. The van der Waals surface area contributed by atoms with Crippen molar-refractivity contribution in [3.05, 3.63) is 101 Å². The summed E-state index contributed by atoms with van der Waals surface area (Å²) in [6.07, 6.45) is 3.24. The number of carboxylic acid groups (broad SMARTS) is 1. The average Bonchev–Trinajstić information content (AvgIpc) is 3.11. The van der Waals surface area contributed by atoms with Crippen LogP contribution in [0.15, 0.2) is 66.7 Å². The lowest BCUT2D eigenvalue weighted by atomic mass is 9.85. The van der Waals surface area contributed by atoms with Gasteiger partial charge in [-0.05, 0) is 131 Å². The van der Waals surface area contributed by atoms with Crippen molar-refractivity contribution in [1.82, 2.24) is 9.88 Å². The van der Waals surface area contributed by atoms with Crippen molar-refractivity contribution in [2.45, 2.75) is 78.0 Å². The SMILES string of the molecule is Cc1nc(CN(C)CC2CCOCC2)c(-c2ccc(OCCc3ccc(F)cc3)cc2)c(-c2ccc3c(c2)CCCO3)c1[C@H](OC(C)(C)C)C(=O)O. The lowest BCUT2D eigenvalue weighted by Gasteiger charge is -2.31. The summed E-state index contributed by atoms with van der Waals surface area (Å²) in [6, 6.07) is 20.6. The number of rotatable bonds is 13. The first-order valence-electron chi connectivity index (χ1n) is 18.4. The summed E-state index contributed by atoms with van der Waals surface area (Å²) in [5.74, 6) is 0.776. The van der Waals surface area contributed by atoms with Crippen molar-refractivity contribution in [2.24, 2.45) is 5.92 Å². The van der Waals surface area contributed by atoms with Gasteiger partial charge in [0.25, 0.3) is 0 Å². The van der Waals surface area contributed by atoms with E-state index in [9.17, 15) is 14.3 Å². The van der Waals surface area contributed by atoms with Gasteiger partial charge in [-0.25, -0.2) is 9.18 Å². The van der Waals surface area contributed by atoms with Crippen molar-refractivity contribution in [2.75, 3.05) is 40.0 Å². The third kappa shape index (κ3) is 9.37. The molecule has 0 aliphatic carbocycles. The molecule has 3 aromatic carbocycles. The van der Waals surface area contributed by atoms with E-state index in [1.54, 1.807) is 12.1 Å². The highest BCUT2D eigenvalue weighted by Crippen LogP contribution is 2.45. The van der Waals surface area contributed by atoms with E-state index in [1.807, 2.05) is 64.1 Å². The molecule has 0 bridgehead atoms. The maximum atomic E-state index is 13.4. The zero-order valence-corrected chi connectivity index (χ0v) is 31.0. The van der Waals surface area contributed by atoms with Gasteiger partial charge in [0.2, 0.25) is 0 Å².